The second-order valence-electron chi connectivity index (χ2n) is 9.00. The molecule has 3 aromatic heterocycles. The Morgan fingerprint density at radius 3 is 2.43 bits per heavy atom. The van der Waals surface area contributed by atoms with Crippen molar-refractivity contribution in [2.45, 2.75) is 44.3 Å². The fourth-order valence-electron chi connectivity index (χ4n) is 3.44. The van der Waals surface area contributed by atoms with Crippen LogP contribution in [0, 0.1) is 11.5 Å². The van der Waals surface area contributed by atoms with E-state index in [2.05, 4.69) is 19.4 Å². The Balaban J connectivity index is 0.000000329. The van der Waals surface area contributed by atoms with Crippen molar-refractivity contribution in [2.75, 3.05) is 29.2 Å². The molecule has 3 rings (SSSR count). The van der Waals surface area contributed by atoms with Gasteiger partial charge in [-0.3, -0.25) is 14.8 Å². The van der Waals surface area contributed by atoms with Gasteiger partial charge in [0.2, 0.25) is 12.1 Å². The molecular formula is C26H28ClF6N7O2S2. The Morgan fingerprint density at radius 1 is 1.20 bits per heavy atom. The highest BCUT2D eigenvalue weighted by molar-refractivity contribution is 7.99. The highest BCUT2D eigenvalue weighted by atomic mass is 35.5. The molecule has 0 fully saturated rings. The van der Waals surface area contributed by atoms with Crippen molar-refractivity contribution in [2.24, 2.45) is 4.36 Å². The number of carbonyl (C=O) groups excluding carboxylic acids is 1. The topological polar surface area (TPSA) is 117 Å². The van der Waals surface area contributed by atoms with Crippen LogP contribution >= 0.6 is 23.4 Å². The predicted molar refractivity (Wildman–Crippen MR) is 157 cm³/mol. The number of anilines is 1. The molecule has 0 aromatic carbocycles. The quantitative estimate of drug-likeness (QED) is 0.127. The number of amides is 1. The second kappa shape index (κ2) is 16.1. The van der Waals surface area contributed by atoms with Gasteiger partial charge in [0.25, 0.3) is 0 Å². The number of carbonyl (C=O) groups is 1. The van der Waals surface area contributed by atoms with Gasteiger partial charge in [0.1, 0.15) is 11.4 Å². The highest BCUT2D eigenvalue weighted by Gasteiger charge is 2.32. The molecule has 3 aromatic rings. The van der Waals surface area contributed by atoms with Crippen LogP contribution in [0.25, 0.3) is 5.69 Å². The lowest BCUT2D eigenvalue weighted by Crippen LogP contribution is -2.30. The van der Waals surface area contributed by atoms with E-state index < -0.39 is 39.4 Å². The first kappa shape index (κ1) is 36.8. The molecule has 0 aliphatic rings. The van der Waals surface area contributed by atoms with Crippen molar-refractivity contribution in [3.05, 3.63) is 65.5 Å². The molecule has 0 aliphatic heterocycles. The number of nitriles is 1. The Kier molecular flexibility index (Phi) is 13.5. The SMILES string of the molecule is CC(c1ccc(C(F)(F)F)nc1)S(C)(=O)=NC#N.CCN(C(=O)CCSCCC(F)(F)F)c1cn(-c2cccnc2)nc1Cl. The van der Waals surface area contributed by atoms with Gasteiger partial charge in [0.15, 0.2) is 5.15 Å². The molecule has 3 heterocycles. The van der Waals surface area contributed by atoms with E-state index in [1.165, 1.54) is 35.0 Å². The Morgan fingerprint density at radius 2 is 1.91 bits per heavy atom. The minimum atomic E-state index is -4.51. The summed E-state index contributed by atoms with van der Waals surface area (Å²) < 4.78 is 90.0. The lowest BCUT2D eigenvalue weighted by atomic mass is 10.2. The van der Waals surface area contributed by atoms with Gasteiger partial charge in [0.05, 0.1) is 39.5 Å². The lowest BCUT2D eigenvalue weighted by molar-refractivity contribution is -0.141. The van der Waals surface area contributed by atoms with Crippen LogP contribution in [-0.2, 0) is 20.7 Å². The van der Waals surface area contributed by atoms with E-state index in [-0.39, 0.29) is 23.2 Å². The van der Waals surface area contributed by atoms with Crippen molar-refractivity contribution >= 4 is 44.7 Å². The number of hydrogen-bond donors (Lipinski definition) is 0. The van der Waals surface area contributed by atoms with Crippen LogP contribution in [0.4, 0.5) is 32.0 Å². The van der Waals surface area contributed by atoms with Gasteiger partial charge >= 0.3 is 12.4 Å². The molecule has 18 heteroatoms. The van der Waals surface area contributed by atoms with Crippen molar-refractivity contribution in [3.63, 3.8) is 0 Å². The predicted octanol–water partition coefficient (Wildman–Crippen LogP) is 7.09. The Labute approximate surface area is 259 Å². The second-order valence-corrected chi connectivity index (χ2v) is 13.2. The number of thioether (sulfide) groups is 1. The zero-order valence-corrected chi connectivity index (χ0v) is 26.0. The van der Waals surface area contributed by atoms with E-state index in [4.69, 9.17) is 16.9 Å². The van der Waals surface area contributed by atoms with Gasteiger partial charge < -0.3 is 4.90 Å². The summed E-state index contributed by atoms with van der Waals surface area (Å²) in [5, 5.41) is 12.1. The molecule has 0 N–H and O–H groups in total. The average molecular weight is 684 g/mol. The minimum absolute atomic E-state index is 0.0530. The van der Waals surface area contributed by atoms with Crippen molar-refractivity contribution < 1.29 is 35.3 Å². The van der Waals surface area contributed by atoms with E-state index >= 15 is 0 Å². The maximum atomic E-state index is 12.4. The fraction of sp³-hybridized carbons (Fsp3) is 0.423. The summed E-state index contributed by atoms with van der Waals surface area (Å²) in [6.45, 7) is 3.70. The number of nitrogens with zero attached hydrogens (tertiary/aromatic N) is 7. The van der Waals surface area contributed by atoms with Gasteiger partial charge in [-0.15, -0.1) is 4.36 Å². The van der Waals surface area contributed by atoms with Crippen molar-refractivity contribution in [1.82, 2.24) is 19.7 Å². The maximum Gasteiger partial charge on any atom is 0.433 e. The number of halogens is 7. The molecule has 0 saturated heterocycles. The normalized spacial score (nSPS) is 13.6. The summed E-state index contributed by atoms with van der Waals surface area (Å²) in [6.07, 6.45) is -0.792. The lowest BCUT2D eigenvalue weighted by Gasteiger charge is -2.19. The van der Waals surface area contributed by atoms with Crippen LogP contribution in [0.1, 0.15) is 43.2 Å². The smallest absolute Gasteiger partial charge is 0.308 e. The largest absolute Gasteiger partial charge is 0.433 e. The fourth-order valence-corrected chi connectivity index (χ4v) is 5.53. The minimum Gasteiger partial charge on any atom is -0.308 e. The molecule has 0 bridgehead atoms. The van der Waals surface area contributed by atoms with E-state index in [0.29, 0.717) is 29.2 Å². The van der Waals surface area contributed by atoms with Crippen LogP contribution in [-0.4, -0.2) is 60.3 Å². The number of pyridine rings is 2. The summed E-state index contributed by atoms with van der Waals surface area (Å²) in [7, 11) is -2.82. The van der Waals surface area contributed by atoms with Crippen LogP contribution in [0.5, 0.6) is 0 Å². The molecule has 0 saturated carbocycles. The molecule has 240 valence electrons. The van der Waals surface area contributed by atoms with E-state index in [0.717, 1.165) is 24.0 Å². The number of hydrogen-bond acceptors (Lipinski definition) is 8. The number of rotatable bonds is 10. The van der Waals surface area contributed by atoms with Gasteiger partial charge in [0, 0.05) is 43.1 Å². The van der Waals surface area contributed by atoms with Gasteiger partial charge in [-0.2, -0.15) is 48.5 Å². The molecule has 2 unspecified atom stereocenters. The Hall–Kier alpha value is -3.36. The van der Waals surface area contributed by atoms with E-state index in [1.807, 2.05) is 0 Å². The van der Waals surface area contributed by atoms with Crippen LogP contribution in [0.15, 0.2) is 53.4 Å². The van der Waals surface area contributed by atoms with Gasteiger partial charge in [-0.1, -0.05) is 17.7 Å². The molecule has 1 amide bonds. The zero-order chi connectivity index (χ0) is 33.1. The summed E-state index contributed by atoms with van der Waals surface area (Å²) in [6, 6.07) is 5.56. The van der Waals surface area contributed by atoms with Gasteiger partial charge in [-0.25, -0.2) is 8.89 Å². The van der Waals surface area contributed by atoms with Crippen LogP contribution in [0.2, 0.25) is 5.15 Å². The van der Waals surface area contributed by atoms with E-state index in [1.54, 1.807) is 37.6 Å². The first-order valence-electron chi connectivity index (χ1n) is 12.7. The Bertz CT molecular complexity index is 1540. The number of aromatic nitrogens is 4. The van der Waals surface area contributed by atoms with E-state index in [9.17, 15) is 35.3 Å². The third kappa shape index (κ3) is 11.3. The standard InChI is InChI=1S/C16H18ClF3N4OS.C10H10F3N3OS/c1-2-23(14(25)5-8-26-9-6-16(18,19)20)13-11-24(22-15(13)17)12-4-3-7-21-10-12;1-7(18(2,17)16-6-14)8-3-4-9(15-5-8)10(11,12)13/h3-4,7,10-11H,2,5-6,8-9H2,1H3;3-5,7H,1-2H3. The number of alkyl halides is 6. The molecule has 9 nitrogen and oxygen atoms in total. The summed E-state index contributed by atoms with van der Waals surface area (Å²) >= 11 is 7.28. The highest BCUT2D eigenvalue weighted by Crippen LogP contribution is 2.30. The molecule has 0 aliphatic carbocycles. The first-order chi connectivity index (χ1) is 20.5. The molecular weight excluding hydrogens is 656 g/mol. The molecule has 0 radical (unpaired) electrons. The third-order valence-corrected chi connectivity index (χ3v) is 9.17. The third-order valence-electron chi connectivity index (χ3n) is 5.88. The summed E-state index contributed by atoms with van der Waals surface area (Å²) in [5.74, 6) is 0.0576. The molecule has 0 spiro atoms. The summed E-state index contributed by atoms with van der Waals surface area (Å²) in [4.78, 5) is 21.2. The summed E-state index contributed by atoms with van der Waals surface area (Å²) in [5.41, 5.74) is 0.489. The molecule has 2 atom stereocenters. The van der Waals surface area contributed by atoms with Crippen LogP contribution in [0.3, 0.4) is 0 Å². The monoisotopic (exact) mass is 683 g/mol. The van der Waals surface area contributed by atoms with Crippen LogP contribution < -0.4 is 4.90 Å². The van der Waals surface area contributed by atoms with Crippen molar-refractivity contribution in [3.8, 4) is 11.9 Å². The van der Waals surface area contributed by atoms with Gasteiger partial charge in [-0.05, 0) is 37.6 Å². The van der Waals surface area contributed by atoms with Crippen molar-refractivity contribution in [1.29, 1.82) is 5.26 Å². The molecule has 44 heavy (non-hydrogen) atoms. The average Bonchev–Trinajstić information content (AvgIpc) is 3.33. The maximum absolute atomic E-state index is 12.4. The zero-order valence-electron chi connectivity index (χ0n) is 23.6. The first-order valence-corrected chi connectivity index (χ1v) is 16.2.